The number of sulfonamides is 1. The van der Waals surface area contributed by atoms with Crippen molar-refractivity contribution in [2.24, 2.45) is 0 Å². The summed E-state index contributed by atoms with van der Waals surface area (Å²) >= 11 is 0. The van der Waals surface area contributed by atoms with Crippen LogP contribution in [0.15, 0.2) is 40.9 Å². The number of likely N-dealkylation sites (tertiary alicyclic amines) is 1. The molecule has 1 fully saturated rings. The maximum absolute atomic E-state index is 12.6. The Labute approximate surface area is 190 Å². The molecule has 0 spiro atoms. The lowest BCUT2D eigenvalue weighted by molar-refractivity contribution is -0.131. The number of anilines is 1. The second-order valence-electron chi connectivity index (χ2n) is 8.27. The molecule has 1 amide bonds. The van der Waals surface area contributed by atoms with Crippen LogP contribution in [-0.4, -0.2) is 53.3 Å². The molecule has 0 saturated carbocycles. The molecule has 11 heteroatoms. The summed E-state index contributed by atoms with van der Waals surface area (Å²) in [4.78, 5) is 18.1. The van der Waals surface area contributed by atoms with E-state index >= 15 is 0 Å². The zero-order chi connectivity index (χ0) is 23.2. The van der Waals surface area contributed by atoms with Crippen molar-refractivity contribution in [2.45, 2.75) is 25.3 Å². The van der Waals surface area contributed by atoms with E-state index < -0.39 is 21.8 Å². The van der Waals surface area contributed by atoms with E-state index in [1.54, 1.807) is 17.0 Å². The molecule has 2 heterocycles. The summed E-state index contributed by atoms with van der Waals surface area (Å²) in [6.45, 7) is 1.24. The van der Waals surface area contributed by atoms with Crippen LogP contribution < -0.4 is 10.5 Å². The van der Waals surface area contributed by atoms with Gasteiger partial charge in [-0.15, -0.1) is 0 Å². The number of nitrogens with zero attached hydrogens (tertiary/aromatic N) is 3. The number of nitrogens with one attached hydrogen (secondary N) is 1. The van der Waals surface area contributed by atoms with Gasteiger partial charge in [0.25, 0.3) is 5.89 Å². The van der Waals surface area contributed by atoms with Crippen LogP contribution in [0.5, 0.6) is 5.75 Å². The highest BCUT2D eigenvalue weighted by atomic mass is 32.2. The molecule has 4 N–H and O–H groups in total. The third kappa shape index (κ3) is 4.16. The summed E-state index contributed by atoms with van der Waals surface area (Å²) in [5.74, 6) is -0.295. The maximum Gasteiger partial charge on any atom is 0.258 e. The lowest BCUT2D eigenvalue weighted by atomic mass is 10.0. The van der Waals surface area contributed by atoms with E-state index in [0.29, 0.717) is 37.3 Å². The van der Waals surface area contributed by atoms with Crippen molar-refractivity contribution in [1.29, 1.82) is 0 Å². The molecular formula is C22H23N5O5S. The predicted octanol–water partition coefficient (Wildman–Crippen LogP) is 1.83. The Morgan fingerprint density at radius 3 is 2.82 bits per heavy atom. The van der Waals surface area contributed by atoms with Gasteiger partial charge in [-0.2, -0.15) is 4.98 Å². The van der Waals surface area contributed by atoms with Crippen LogP contribution in [0, 0.1) is 0 Å². The quantitative estimate of drug-likeness (QED) is 0.365. The van der Waals surface area contributed by atoms with Gasteiger partial charge >= 0.3 is 0 Å². The van der Waals surface area contributed by atoms with Gasteiger partial charge in [0.1, 0.15) is 11.5 Å². The first-order chi connectivity index (χ1) is 15.8. The van der Waals surface area contributed by atoms with E-state index in [2.05, 4.69) is 14.9 Å². The standard InChI is InChI=1S/C22H23N5O5S/c23-17-11-13(5-8-19(17)28)22-24-21(25-32-22)16-4-1-3-15-14(16)6-7-18(15)26-33(30,31)12-20(29)27-9-2-10-27/h1,3-5,8,11,18,26,28H,2,6-7,9-10,12,23H2/t18-/m0/s1. The number of carbonyl (C=O) groups excluding carboxylic acids is 1. The number of nitrogen functional groups attached to an aromatic ring is 1. The van der Waals surface area contributed by atoms with E-state index in [-0.39, 0.29) is 23.2 Å². The number of fused-ring (bicyclic) bond motifs is 1. The van der Waals surface area contributed by atoms with Crippen molar-refractivity contribution >= 4 is 21.6 Å². The predicted molar refractivity (Wildman–Crippen MR) is 120 cm³/mol. The van der Waals surface area contributed by atoms with Crippen molar-refractivity contribution in [3.8, 4) is 28.6 Å². The molecule has 1 atom stereocenters. The molecule has 33 heavy (non-hydrogen) atoms. The van der Waals surface area contributed by atoms with Crippen molar-refractivity contribution in [3.05, 3.63) is 47.5 Å². The van der Waals surface area contributed by atoms with Crippen LogP contribution >= 0.6 is 0 Å². The molecule has 2 aromatic carbocycles. The lowest BCUT2D eigenvalue weighted by Crippen LogP contribution is -2.46. The molecular weight excluding hydrogens is 446 g/mol. The number of aromatic hydroxyl groups is 1. The van der Waals surface area contributed by atoms with Crippen molar-refractivity contribution < 1.29 is 22.8 Å². The second-order valence-corrected chi connectivity index (χ2v) is 10.0. The van der Waals surface area contributed by atoms with E-state index in [0.717, 1.165) is 23.1 Å². The van der Waals surface area contributed by atoms with Gasteiger partial charge in [0, 0.05) is 30.3 Å². The Kier molecular flexibility index (Phi) is 5.29. The Morgan fingerprint density at radius 2 is 2.09 bits per heavy atom. The lowest BCUT2D eigenvalue weighted by Gasteiger charge is -2.30. The zero-order valence-electron chi connectivity index (χ0n) is 17.7. The number of aromatic nitrogens is 2. The SMILES string of the molecule is Nc1cc(-c2nc(-c3cccc4c3CC[C@@H]4NS(=O)(=O)CC(=O)N3CCC3)no2)ccc1O. The number of hydrogen-bond acceptors (Lipinski definition) is 8. The number of carbonyl (C=O) groups is 1. The zero-order valence-corrected chi connectivity index (χ0v) is 18.5. The van der Waals surface area contributed by atoms with E-state index in [1.807, 2.05) is 18.2 Å². The minimum absolute atomic E-state index is 0.0283. The van der Waals surface area contributed by atoms with Gasteiger partial charge in [-0.25, -0.2) is 13.1 Å². The number of rotatable bonds is 6. The summed E-state index contributed by atoms with van der Waals surface area (Å²) in [7, 11) is -3.77. The Balaban J connectivity index is 1.37. The summed E-state index contributed by atoms with van der Waals surface area (Å²) in [5, 5.41) is 13.7. The molecule has 2 aliphatic rings. The van der Waals surface area contributed by atoms with Crippen LogP contribution in [0.25, 0.3) is 22.8 Å². The molecule has 0 unspecified atom stereocenters. The number of benzene rings is 2. The molecule has 172 valence electrons. The fourth-order valence-electron chi connectivity index (χ4n) is 4.20. The number of phenolic OH excluding ortho intramolecular Hbond substituents is 1. The van der Waals surface area contributed by atoms with Gasteiger partial charge in [-0.05, 0) is 48.6 Å². The first kappa shape index (κ1) is 21.4. The molecule has 5 rings (SSSR count). The number of hydrogen-bond donors (Lipinski definition) is 3. The first-order valence-corrected chi connectivity index (χ1v) is 12.3. The fourth-order valence-corrected chi connectivity index (χ4v) is 5.47. The molecule has 3 aromatic rings. The van der Waals surface area contributed by atoms with Gasteiger partial charge in [0.05, 0.1) is 5.69 Å². The highest BCUT2D eigenvalue weighted by Gasteiger charge is 2.32. The fraction of sp³-hybridized carbons (Fsp3) is 0.318. The maximum atomic E-state index is 12.6. The monoisotopic (exact) mass is 469 g/mol. The van der Waals surface area contributed by atoms with Crippen molar-refractivity contribution in [1.82, 2.24) is 19.8 Å². The average molecular weight is 470 g/mol. The van der Waals surface area contributed by atoms with Crippen LogP contribution in [0.3, 0.4) is 0 Å². The summed E-state index contributed by atoms with van der Waals surface area (Å²) in [6, 6.07) is 9.77. The Hall–Kier alpha value is -3.44. The van der Waals surface area contributed by atoms with Gasteiger partial charge in [-0.1, -0.05) is 23.4 Å². The van der Waals surface area contributed by atoms with Gasteiger partial charge in [0.2, 0.25) is 21.8 Å². The molecule has 0 bridgehead atoms. The van der Waals surface area contributed by atoms with Gasteiger partial charge in [0.15, 0.2) is 0 Å². The molecule has 1 aromatic heterocycles. The normalized spacial score (nSPS) is 17.6. The van der Waals surface area contributed by atoms with Crippen LogP contribution in [-0.2, 0) is 21.2 Å². The first-order valence-electron chi connectivity index (χ1n) is 10.6. The molecule has 10 nitrogen and oxygen atoms in total. The summed E-state index contributed by atoms with van der Waals surface area (Å²) < 4.78 is 33.3. The largest absolute Gasteiger partial charge is 0.506 e. The third-order valence-corrected chi connectivity index (χ3v) is 7.33. The van der Waals surface area contributed by atoms with E-state index in [9.17, 15) is 18.3 Å². The highest BCUT2D eigenvalue weighted by molar-refractivity contribution is 7.90. The summed E-state index contributed by atoms with van der Waals surface area (Å²) in [6.07, 6.45) is 2.12. The Morgan fingerprint density at radius 1 is 1.27 bits per heavy atom. The van der Waals surface area contributed by atoms with Crippen LogP contribution in [0.1, 0.15) is 30.0 Å². The van der Waals surface area contributed by atoms with E-state index in [1.165, 1.54) is 6.07 Å². The van der Waals surface area contributed by atoms with Gasteiger partial charge in [-0.3, -0.25) is 4.79 Å². The Bertz CT molecular complexity index is 1330. The van der Waals surface area contributed by atoms with Gasteiger partial charge < -0.3 is 20.3 Å². The summed E-state index contributed by atoms with van der Waals surface area (Å²) in [5.41, 5.74) is 9.07. The molecule has 1 aliphatic heterocycles. The highest BCUT2D eigenvalue weighted by Crippen LogP contribution is 2.38. The smallest absolute Gasteiger partial charge is 0.258 e. The topological polar surface area (TPSA) is 152 Å². The molecule has 1 saturated heterocycles. The molecule has 1 aliphatic carbocycles. The van der Waals surface area contributed by atoms with Crippen LogP contribution in [0.4, 0.5) is 5.69 Å². The third-order valence-electron chi connectivity index (χ3n) is 6.06. The number of phenols is 1. The van der Waals surface area contributed by atoms with E-state index in [4.69, 9.17) is 10.3 Å². The number of nitrogens with two attached hydrogens (primary N) is 1. The molecule has 0 radical (unpaired) electrons. The second kappa shape index (κ2) is 8.16. The van der Waals surface area contributed by atoms with Crippen molar-refractivity contribution in [2.75, 3.05) is 24.6 Å². The minimum Gasteiger partial charge on any atom is -0.506 e. The number of amides is 1. The minimum atomic E-state index is -3.77. The van der Waals surface area contributed by atoms with Crippen LogP contribution in [0.2, 0.25) is 0 Å². The van der Waals surface area contributed by atoms with Crippen molar-refractivity contribution in [3.63, 3.8) is 0 Å². The average Bonchev–Trinajstić information content (AvgIpc) is 3.36.